The van der Waals surface area contributed by atoms with Crippen molar-refractivity contribution in [3.05, 3.63) is 71.3 Å². The largest absolute Gasteiger partial charge is 0.480 e. The number of nitrogens with zero attached hydrogens (tertiary/aromatic N) is 1. The van der Waals surface area contributed by atoms with E-state index in [1.165, 1.54) is 11.1 Å². The topological polar surface area (TPSA) is 40.5 Å². The fraction of sp³-hybridized carbons (Fsp3) is 0.350. The highest BCUT2D eigenvalue weighted by atomic mass is 16.4. The minimum Gasteiger partial charge on any atom is -0.480 e. The molecule has 3 heteroatoms. The van der Waals surface area contributed by atoms with E-state index in [4.69, 9.17) is 0 Å². The standard InChI is InChI=1S/C20H23NO2/c1-15-9-5-6-12-17(15)19(16-10-3-2-4-11-16)21-14-8-7-13-18(21)20(22)23/h2-6,9-12,18-19H,7-8,13-14H2,1H3,(H,22,23). The summed E-state index contributed by atoms with van der Waals surface area (Å²) in [5.41, 5.74) is 3.57. The van der Waals surface area contributed by atoms with E-state index in [0.29, 0.717) is 0 Å². The third-order valence-electron chi connectivity index (χ3n) is 4.76. The summed E-state index contributed by atoms with van der Waals surface area (Å²) in [5.74, 6) is -0.709. The van der Waals surface area contributed by atoms with E-state index in [9.17, 15) is 9.90 Å². The molecule has 1 fully saturated rings. The minimum absolute atomic E-state index is 0.00111. The average molecular weight is 309 g/mol. The van der Waals surface area contributed by atoms with Crippen molar-refractivity contribution in [1.82, 2.24) is 4.90 Å². The van der Waals surface area contributed by atoms with Crippen LogP contribution in [0.2, 0.25) is 0 Å². The third kappa shape index (κ3) is 3.30. The van der Waals surface area contributed by atoms with Crippen molar-refractivity contribution in [2.45, 2.75) is 38.3 Å². The number of carboxylic acid groups (broad SMARTS) is 1. The van der Waals surface area contributed by atoms with Crippen LogP contribution in [0.1, 0.15) is 42.0 Å². The summed E-state index contributed by atoms with van der Waals surface area (Å²) in [6.07, 6.45) is 2.77. The summed E-state index contributed by atoms with van der Waals surface area (Å²) in [6.45, 7) is 2.93. The SMILES string of the molecule is Cc1ccccc1C(c1ccccc1)N1CCCCC1C(=O)O. The number of hydrogen-bond acceptors (Lipinski definition) is 2. The van der Waals surface area contributed by atoms with E-state index in [1.54, 1.807) is 0 Å². The first-order chi connectivity index (χ1) is 11.2. The van der Waals surface area contributed by atoms with Crippen LogP contribution in [-0.2, 0) is 4.79 Å². The number of aryl methyl sites for hydroxylation is 1. The average Bonchev–Trinajstić information content (AvgIpc) is 2.58. The van der Waals surface area contributed by atoms with Crippen molar-refractivity contribution in [1.29, 1.82) is 0 Å². The zero-order valence-corrected chi connectivity index (χ0v) is 13.5. The molecule has 0 amide bonds. The van der Waals surface area contributed by atoms with E-state index in [2.05, 4.69) is 36.1 Å². The van der Waals surface area contributed by atoms with Crippen LogP contribution >= 0.6 is 0 Å². The quantitative estimate of drug-likeness (QED) is 0.927. The lowest BCUT2D eigenvalue weighted by molar-refractivity contribution is -0.145. The fourth-order valence-corrected chi connectivity index (χ4v) is 3.61. The van der Waals surface area contributed by atoms with E-state index in [0.717, 1.165) is 31.4 Å². The summed E-state index contributed by atoms with van der Waals surface area (Å²) in [4.78, 5) is 13.9. The first-order valence-corrected chi connectivity index (χ1v) is 8.27. The summed E-state index contributed by atoms with van der Waals surface area (Å²) in [7, 11) is 0. The van der Waals surface area contributed by atoms with E-state index in [1.807, 2.05) is 30.3 Å². The number of carbonyl (C=O) groups is 1. The van der Waals surface area contributed by atoms with Gasteiger partial charge in [-0.05, 0) is 43.0 Å². The van der Waals surface area contributed by atoms with Crippen molar-refractivity contribution in [2.24, 2.45) is 0 Å². The maximum Gasteiger partial charge on any atom is 0.320 e. The number of carboxylic acids is 1. The predicted molar refractivity (Wildman–Crippen MR) is 91.4 cm³/mol. The first kappa shape index (κ1) is 15.8. The van der Waals surface area contributed by atoms with Gasteiger partial charge in [0.2, 0.25) is 0 Å². The normalized spacial score (nSPS) is 20.1. The third-order valence-corrected chi connectivity index (χ3v) is 4.76. The Bertz CT molecular complexity index is 668. The van der Waals surface area contributed by atoms with Crippen molar-refractivity contribution in [3.8, 4) is 0 Å². The Morgan fingerprint density at radius 2 is 1.78 bits per heavy atom. The lowest BCUT2D eigenvalue weighted by Crippen LogP contribution is -2.47. The summed E-state index contributed by atoms with van der Waals surface area (Å²) < 4.78 is 0. The highest BCUT2D eigenvalue weighted by Crippen LogP contribution is 2.35. The molecule has 2 aromatic rings. The Labute approximate surface area is 137 Å². The molecule has 2 atom stereocenters. The molecular formula is C20H23NO2. The van der Waals surface area contributed by atoms with Crippen LogP contribution in [0.15, 0.2) is 54.6 Å². The number of aliphatic carboxylic acids is 1. The second kappa shape index (κ2) is 6.97. The summed E-state index contributed by atoms with van der Waals surface area (Å²) >= 11 is 0. The monoisotopic (exact) mass is 309 g/mol. The Morgan fingerprint density at radius 3 is 2.48 bits per heavy atom. The molecule has 2 unspecified atom stereocenters. The molecule has 0 radical (unpaired) electrons. The summed E-state index contributed by atoms with van der Waals surface area (Å²) in [6, 6.07) is 18.2. The molecule has 23 heavy (non-hydrogen) atoms. The molecule has 3 rings (SSSR count). The van der Waals surface area contributed by atoms with Gasteiger partial charge in [-0.3, -0.25) is 9.69 Å². The van der Waals surface area contributed by atoms with E-state index in [-0.39, 0.29) is 6.04 Å². The lowest BCUT2D eigenvalue weighted by Gasteiger charge is -2.40. The minimum atomic E-state index is -0.709. The summed E-state index contributed by atoms with van der Waals surface area (Å²) in [5, 5.41) is 9.68. The molecule has 1 heterocycles. The van der Waals surface area contributed by atoms with Crippen LogP contribution in [0, 0.1) is 6.92 Å². The molecule has 0 aromatic heterocycles. The maximum atomic E-state index is 11.8. The molecule has 120 valence electrons. The van der Waals surface area contributed by atoms with Gasteiger partial charge in [-0.25, -0.2) is 0 Å². The van der Waals surface area contributed by atoms with Gasteiger partial charge < -0.3 is 5.11 Å². The fourth-order valence-electron chi connectivity index (χ4n) is 3.61. The van der Waals surface area contributed by atoms with Gasteiger partial charge in [-0.2, -0.15) is 0 Å². The van der Waals surface area contributed by atoms with Crippen molar-refractivity contribution >= 4 is 5.97 Å². The molecule has 0 bridgehead atoms. The van der Waals surface area contributed by atoms with Gasteiger partial charge in [0.05, 0.1) is 6.04 Å². The van der Waals surface area contributed by atoms with E-state index < -0.39 is 12.0 Å². The van der Waals surface area contributed by atoms with Gasteiger partial charge in [0.15, 0.2) is 0 Å². The van der Waals surface area contributed by atoms with Gasteiger partial charge >= 0.3 is 5.97 Å². The lowest BCUT2D eigenvalue weighted by atomic mass is 9.89. The van der Waals surface area contributed by atoms with Crippen LogP contribution in [0.3, 0.4) is 0 Å². The van der Waals surface area contributed by atoms with Crippen molar-refractivity contribution in [2.75, 3.05) is 6.54 Å². The second-order valence-corrected chi connectivity index (χ2v) is 6.26. The number of likely N-dealkylation sites (tertiary alicyclic amines) is 1. The van der Waals surface area contributed by atoms with Gasteiger partial charge in [0, 0.05) is 0 Å². The molecule has 1 aliphatic heterocycles. The van der Waals surface area contributed by atoms with Crippen molar-refractivity contribution < 1.29 is 9.90 Å². The molecule has 3 nitrogen and oxygen atoms in total. The van der Waals surface area contributed by atoms with Crippen LogP contribution in [-0.4, -0.2) is 28.6 Å². The van der Waals surface area contributed by atoms with Crippen molar-refractivity contribution in [3.63, 3.8) is 0 Å². The smallest absolute Gasteiger partial charge is 0.320 e. The molecule has 1 saturated heterocycles. The molecular weight excluding hydrogens is 286 g/mol. The molecule has 1 aliphatic rings. The predicted octanol–water partition coefficient (Wildman–Crippen LogP) is 4.02. The van der Waals surface area contributed by atoms with Gasteiger partial charge in [-0.15, -0.1) is 0 Å². The number of rotatable bonds is 4. The second-order valence-electron chi connectivity index (χ2n) is 6.26. The maximum absolute atomic E-state index is 11.8. The Hall–Kier alpha value is -2.13. The Kier molecular flexibility index (Phi) is 4.77. The molecule has 1 N–H and O–H groups in total. The molecule has 0 aliphatic carbocycles. The molecule has 0 spiro atoms. The van der Waals surface area contributed by atoms with Crippen LogP contribution in [0.25, 0.3) is 0 Å². The highest BCUT2D eigenvalue weighted by Gasteiger charge is 2.35. The van der Waals surface area contributed by atoms with Gasteiger partial charge in [0.25, 0.3) is 0 Å². The highest BCUT2D eigenvalue weighted by molar-refractivity contribution is 5.73. The van der Waals surface area contributed by atoms with Gasteiger partial charge in [-0.1, -0.05) is 61.0 Å². The molecule has 2 aromatic carbocycles. The first-order valence-electron chi connectivity index (χ1n) is 8.27. The van der Waals surface area contributed by atoms with E-state index >= 15 is 0 Å². The number of piperidine rings is 1. The van der Waals surface area contributed by atoms with Crippen LogP contribution in [0.5, 0.6) is 0 Å². The van der Waals surface area contributed by atoms with Crippen LogP contribution < -0.4 is 0 Å². The zero-order chi connectivity index (χ0) is 16.2. The van der Waals surface area contributed by atoms with Gasteiger partial charge in [0.1, 0.15) is 6.04 Å². The Morgan fingerprint density at radius 1 is 1.09 bits per heavy atom. The Balaban J connectivity index is 2.08. The molecule has 0 saturated carbocycles. The zero-order valence-electron chi connectivity index (χ0n) is 13.5. The van der Waals surface area contributed by atoms with Crippen LogP contribution in [0.4, 0.5) is 0 Å². The number of benzene rings is 2. The number of hydrogen-bond donors (Lipinski definition) is 1.